The van der Waals surface area contributed by atoms with Crippen LogP contribution >= 0.6 is 0 Å². The van der Waals surface area contributed by atoms with Gasteiger partial charge in [0.2, 0.25) is 0 Å². The summed E-state index contributed by atoms with van der Waals surface area (Å²) in [6.07, 6.45) is 22.3. The number of unbranched alkanes of at least 4 members (excludes halogenated alkanes) is 8. The van der Waals surface area contributed by atoms with Gasteiger partial charge < -0.3 is 0 Å². The van der Waals surface area contributed by atoms with Crippen LogP contribution in [0.2, 0.25) is 0 Å². The van der Waals surface area contributed by atoms with E-state index in [1.807, 2.05) is 0 Å². The fraction of sp³-hybridized carbons (Fsp3) is 0.625. The van der Waals surface area contributed by atoms with Crippen LogP contribution in [-0.4, -0.2) is 0 Å². The molecule has 0 nitrogen and oxygen atoms in total. The first-order valence-corrected chi connectivity index (χ1v) is 14.0. The van der Waals surface area contributed by atoms with Crippen molar-refractivity contribution in [2.45, 2.75) is 122 Å². The molecule has 1 saturated carbocycles. The van der Waals surface area contributed by atoms with Crippen molar-refractivity contribution < 1.29 is 0 Å². The van der Waals surface area contributed by atoms with E-state index in [1.165, 1.54) is 119 Å². The quantitative estimate of drug-likeness (QED) is 0.260. The van der Waals surface area contributed by atoms with Gasteiger partial charge in [0.1, 0.15) is 0 Å². The van der Waals surface area contributed by atoms with Crippen molar-refractivity contribution in [3.63, 3.8) is 0 Å². The third-order valence-corrected chi connectivity index (χ3v) is 7.80. The van der Waals surface area contributed by atoms with E-state index in [9.17, 15) is 0 Å². The number of benzene rings is 2. The first-order chi connectivity index (χ1) is 15.8. The van der Waals surface area contributed by atoms with E-state index in [2.05, 4.69) is 62.4 Å². The Morgan fingerprint density at radius 1 is 0.562 bits per heavy atom. The van der Waals surface area contributed by atoms with Gasteiger partial charge in [-0.25, -0.2) is 0 Å². The van der Waals surface area contributed by atoms with Gasteiger partial charge in [0.15, 0.2) is 0 Å². The van der Waals surface area contributed by atoms with Crippen LogP contribution in [0.5, 0.6) is 0 Å². The molecule has 0 heterocycles. The molecule has 2 aromatic rings. The van der Waals surface area contributed by atoms with Crippen LogP contribution in [-0.2, 0) is 6.42 Å². The highest BCUT2D eigenvalue weighted by Crippen LogP contribution is 2.38. The maximum absolute atomic E-state index is 2.41. The molecule has 0 saturated heterocycles. The predicted molar refractivity (Wildman–Crippen MR) is 142 cm³/mol. The minimum absolute atomic E-state index is 0.788. The summed E-state index contributed by atoms with van der Waals surface area (Å²) in [4.78, 5) is 0. The minimum atomic E-state index is 0.788. The molecule has 2 aromatic carbocycles. The summed E-state index contributed by atoms with van der Waals surface area (Å²) in [7, 11) is 0. The monoisotopic (exact) mass is 432 g/mol. The Labute approximate surface area is 199 Å². The molecule has 0 aliphatic heterocycles. The highest BCUT2D eigenvalue weighted by atomic mass is 14.3. The van der Waals surface area contributed by atoms with Crippen molar-refractivity contribution in [1.29, 1.82) is 0 Å². The van der Waals surface area contributed by atoms with Crippen LogP contribution in [0.25, 0.3) is 11.1 Å². The minimum Gasteiger partial charge on any atom is -0.0654 e. The van der Waals surface area contributed by atoms with Gasteiger partial charge in [0.05, 0.1) is 0 Å². The highest BCUT2D eigenvalue weighted by molar-refractivity contribution is 5.64. The van der Waals surface area contributed by atoms with Crippen molar-refractivity contribution >= 4 is 0 Å². The largest absolute Gasteiger partial charge is 0.0654 e. The van der Waals surface area contributed by atoms with Crippen LogP contribution < -0.4 is 0 Å². The van der Waals surface area contributed by atoms with Crippen molar-refractivity contribution in [2.75, 3.05) is 0 Å². The molecule has 1 aliphatic carbocycles. The molecule has 0 N–H and O–H groups in total. The number of aryl methyl sites for hydroxylation is 1. The summed E-state index contributed by atoms with van der Waals surface area (Å²) in [5.41, 5.74) is 5.79. The Morgan fingerprint density at radius 2 is 1.09 bits per heavy atom. The maximum atomic E-state index is 2.41. The molecule has 0 amide bonds. The van der Waals surface area contributed by atoms with E-state index in [4.69, 9.17) is 0 Å². The van der Waals surface area contributed by atoms with Crippen LogP contribution in [0.15, 0.2) is 48.5 Å². The number of hydrogen-bond acceptors (Lipinski definition) is 0. The lowest BCUT2D eigenvalue weighted by atomic mass is 9.77. The summed E-state index contributed by atoms with van der Waals surface area (Å²) >= 11 is 0. The maximum Gasteiger partial charge on any atom is -0.0162 e. The van der Waals surface area contributed by atoms with E-state index in [-0.39, 0.29) is 0 Å². The molecule has 176 valence electrons. The van der Waals surface area contributed by atoms with E-state index < -0.39 is 0 Å². The topological polar surface area (TPSA) is 0 Å². The van der Waals surface area contributed by atoms with Gasteiger partial charge in [-0.2, -0.15) is 0 Å². The summed E-state index contributed by atoms with van der Waals surface area (Å²) in [6.45, 7) is 4.60. The van der Waals surface area contributed by atoms with Crippen LogP contribution in [0.1, 0.15) is 127 Å². The van der Waals surface area contributed by atoms with E-state index >= 15 is 0 Å². The van der Waals surface area contributed by atoms with Crippen LogP contribution in [0.3, 0.4) is 0 Å². The Bertz CT molecular complexity index is 716. The molecule has 0 bridgehead atoms. The number of rotatable bonds is 14. The van der Waals surface area contributed by atoms with Gasteiger partial charge in [0.25, 0.3) is 0 Å². The molecule has 0 radical (unpaired) electrons. The normalized spacial score (nSPS) is 18.7. The fourth-order valence-electron chi connectivity index (χ4n) is 5.57. The molecule has 0 atom stereocenters. The second kappa shape index (κ2) is 14.6. The second-order valence-corrected chi connectivity index (χ2v) is 10.4. The molecule has 0 spiro atoms. The van der Waals surface area contributed by atoms with Crippen LogP contribution in [0.4, 0.5) is 0 Å². The van der Waals surface area contributed by atoms with Gasteiger partial charge in [-0.15, -0.1) is 0 Å². The molecule has 0 heteroatoms. The SMILES string of the molecule is CCCCCCCCc1ccc(-c2ccc(C3CCC(CCCCCC)CC3)cc2)cc1. The third kappa shape index (κ3) is 8.42. The molecule has 3 rings (SSSR count). The molecular formula is C32H48. The van der Waals surface area contributed by atoms with Gasteiger partial charge in [-0.3, -0.25) is 0 Å². The smallest absolute Gasteiger partial charge is 0.0162 e. The van der Waals surface area contributed by atoms with Crippen molar-refractivity contribution in [3.8, 4) is 11.1 Å². The first kappa shape index (κ1) is 25.1. The number of hydrogen-bond donors (Lipinski definition) is 0. The summed E-state index contributed by atoms with van der Waals surface area (Å²) in [6, 6.07) is 18.9. The molecule has 0 unspecified atom stereocenters. The first-order valence-electron chi connectivity index (χ1n) is 14.0. The van der Waals surface area contributed by atoms with E-state index in [0.717, 1.165) is 11.8 Å². The van der Waals surface area contributed by atoms with Crippen molar-refractivity contribution in [2.24, 2.45) is 5.92 Å². The summed E-state index contributed by atoms with van der Waals surface area (Å²) in [5, 5.41) is 0. The van der Waals surface area contributed by atoms with Crippen molar-refractivity contribution in [1.82, 2.24) is 0 Å². The lowest BCUT2D eigenvalue weighted by Crippen LogP contribution is -2.13. The molecule has 1 aliphatic rings. The lowest BCUT2D eigenvalue weighted by Gasteiger charge is -2.29. The Kier molecular flexibility index (Phi) is 11.4. The van der Waals surface area contributed by atoms with Crippen molar-refractivity contribution in [3.05, 3.63) is 59.7 Å². The summed E-state index contributed by atoms with van der Waals surface area (Å²) < 4.78 is 0. The molecule has 0 aromatic heterocycles. The van der Waals surface area contributed by atoms with Gasteiger partial charge >= 0.3 is 0 Å². The standard InChI is InChI=1S/C32H48/c1-3-5-7-9-10-12-14-28-17-21-30(22-18-28)32-25-23-31(24-26-32)29-19-15-27(16-20-29)13-11-8-6-4-2/h17-18,21-27,29H,3-16,19-20H2,1-2H3. The van der Waals surface area contributed by atoms with Gasteiger partial charge in [-0.1, -0.05) is 127 Å². The third-order valence-electron chi connectivity index (χ3n) is 7.80. The molecule has 32 heavy (non-hydrogen) atoms. The molecular weight excluding hydrogens is 384 g/mol. The van der Waals surface area contributed by atoms with E-state index in [1.54, 1.807) is 5.56 Å². The van der Waals surface area contributed by atoms with Crippen LogP contribution in [0, 0.1) is 5.92 Å². The second-order valence-electron chi connectivity index (χ2n) is 10.4. The Hall–Kier alpha value is -1.56. The zero-order valence-corrected chi connectivity index (χ0v) is 21.1. The average molecular weight is 433 g/mol. The average Bonchev–Trinajstić information content (AvgIpc) is 2.85. The summed E-state index contributed by atoms with van der Waals surface area (Å²) in [5.74, 6) is 1.79. The fourth-order valence-corrected chi connectivity index (χ4v) is 5.57. The Morgan fingerprint density at radius 3 is 1.72 bits per heavy atom. The predicted octanol–water partition coefficient (Wildman–Crippen LogP) is 10.5. The van der Waals surface area contributed by atoms with Gasteiger partial charge in [0, 0.05) is 0 Å². The Balaban J connectivity index is 1.41. The lowest BCUT2D eigenvalue weighted by molar-refractivity contribution is 0.302. The highest BCUT2D eigenvalue weighted by Gasteiger charge is 2.22. The zero-order chi connectivity index (χ0) is 22.4. The van der Waals surface area contributed by atoms with Gasteiger partial charge in [-0.05, 0) is 72.6 Å². The molecule has 1 fully saturated rings. The van der Waals surface area contributed by atoms with E-state index in [0.29, 0.717) is 0 Å². The zero-order valence-electron chi connectivity index (χ0n) is 21.1.